The van der Waals surface area contributed by atoms with Gasteiger partial charge in [0.1, 0.15) is 0 Å². The zero-order chi connectivity index (χ0) is 6.62. The molecule has 5 heteroatoms. The van der Waals surface area contributed by atoms with E-state index in [0.717, 1.165) is 0 Å². The van der Waals surface area contributed by atoms with Gasteiger partial charge in [-0.25, -0.2) is 0 Å². The largest absolute Gasteiger partial charge is 0.551 e. The number of rotatable bonds is 3. The summed E-state index contributed by atoms with van der Waals surface area (Å²) in [5.74, 6) is 0. The molecule has 2 nitrogen and oxygen atoms in total. The van der Waals surface area contributed by atoms with Crippen LogP contribution in [0.4, 0.5) is 0 Å². The lowest BCUT2D eigenvalue weighted by Crippen LogP contribution is -2.27. The van der Waals surface area contributed by atoms with E-state index in [1.54, 1.807) is 0 Å². The van der Waals surface area contributed by atoms with Gasteiger partial charge in [-0.05, 0) is 6.92 Å². The van der Waals surface area contributed by atoms with Crippen LogP contribution in [-0.4, -0.2) is 20.9 Å². The smallest absolute Gasteiger partial charge is 0.375 e. The second-order valence-corrected chi connectivity index (χ2v) is 6.29. The highest BCUT2D eigenvalue weighted by Crippen LogP contribution is 2.15. The molecule has 0 rings (SSSR count). The summed E-state index contributed by atoms with van der Waals surface area (Å²) in [5, 5.41) is 0. The van der Waals surface area contributed by atoms with Gasteiger partial charge in [-0.3, -0.25) is 0 Å². The molecule has 0 atom stereocenters. The minimum absolute atomic E-state index is 0.493. The fourth-order valence-corrected chi connectivity index (χ4v) is 1.34. The lowest BCUT2D eigenvalue weighted by Gasteiger charge is -2.11. The SMILES string of the molecule is CCO[Si](Cl)(Cl)OC. The molecular formula is C3H8Cl2O2Si. The van der Waals surface area contributed by atoms with Gasteiger partial charge in [0.2, 0.25) is 0 Å². The zero-order valence-electron chi connectivity index (χ0n) is 4.78. The molecule has 8 heavy (non-hydrogen) atoms. The molecule has 0 aliphatic carbocycles. The van der Waals surface area contributed by atoms with Crippen LogP contribution in [0.2, 0.25) is 0 Å². The van der Waals surface area contributed by atoms with Crippen molar-refractivity contribution in [2.45, 2.75) is 6.92 Å². The second kappa shape index (κ2) is 3.69. The Kier molecular flexibility index (Phi) is 4.02. The van der Waals surface area contributed by atoms with Crippen LogP contribution in [0, 0.1) is 0 Å². The van der Waals surface area contributed by atoms with Crippen LogP contribution in [0.25, 0.3) is 0 Å². The second-order valence-electron chi connectivity index (χ2n) is 1.10. The molecule has 0 amide bonds. The molecule has 0 heterocycles. The fourth-order valence-electron chi connectivity index (χ4n) is 0.227. The van der Waals surface area contributed by atoms with Crippen molar-refractivity contribution in [2.75, 3.05) is 13.7 Å². The van der Waals surface area contributed by atoms with Crippen LogP contribution in [-0.2, 0) is 8.85 Å². The Morgan fingerprint density at radius 1 is 1.50 bits per heavy atom. The summed E-state index contributed by atoms with van der Waals surface area (Å²) in [5.41, 5.74) is 0. The van der Waals surface area contributed by atoms with Crippen LogP contribution in [0.5, 0.6) is 0 Å². The van der Waals surface area contributed by atoms with Gasteiger partial charge in [0.15, 0.2) is 0 Å². The first-order valence-electron chi connectivity index (χ1n) is 2.19. The van der Waals surface area contributed by atoms with Gasteiger partial charge in [-0.15, -0.1) is 0 Å². The molecule has 0 aliphatic rings. The average molecular weight is 175 g/mol. The van der Waals surface area contributed by atoms with E-state index in [0.29, 0.717) is 6.61 Å². The standard InChI is InChI=1S/C3H8Cl2O2Si/c1-3-7-8(4,5)6-2/h3H2,1-2H3. The van der Waals surface area contributed by atoms with E-state index in [9.17, 15) is 0 Å². The Hall–Kier alpha value is 0.717. The maximum absolute atomic E-state index is 5.48. The molecule has 0 N–H and O–H groups in total. The molecular weight excluding hydrogens is 167 g/mol. The van der Waals surface area contributed by atoms with E-state index < -0.39 is 7.18 Å². The number of hydrogen-bond donors (Lipinski definition) is 0. The van der Waals surface area contributed by atoms with Gasteiger partial charge in [-0.2, -0.15) is 0 Å². The summed E-state index contributed by atoms with van der Waals surface area (Å²) >= 11 is 11.0. The Balaban J connectivity index is 3.37. The van der Waals surface area contributed by atoms with Crippen molar-refractivity contribution in [3.63, 3.8) is 0 Å². The highest BCUT2D eigenvalue weighted by molar-refractivity contribution is 7.39. The molecule has 0 aromatic rings. The summed E-state index contributed by atoms with van der Waals surface area (Å²) in [6.07, 6.45) is 0. The minimum Gasteiger partial charge on any atom is -0.375 e. The first kappa shape index (κ1) is 8.72. The number of hydrogen-bond acceptors (Lipinski definition) is 2. The van der Waals surface area contributed by atoms with E-state index >= 15 is 0 Å². The van der Waals surface area contributed by atoms with Gasteiger partial charge in [0.25, 0.3) is 0 Å². The third-order valence-electron chi connectivity index (χ3n) is 0.550. The molecule has 0 saturated heterocycles. The van der Waals surface area contributed by atoms with Crippen LogP contribution >= 0.6 is 22.2 Å². The molecule has 0 aliphatic heterocycles. The van der Waals surface area contributed by atoms with Crippen LogP contribution < -0.4 is 0 Å². The summed E-state index contributed by atoms with van der Waals surface area (Å²) in [6.45, 7) is 2.30. The first-order valence-corrected chi connectivity index (χ1v) is 6.03. The van der Waals surface area contributed by atoms with Crippen molar-refractivity contribution < 1.29 is 8.85 Å². The van der Waals surface area contributed by atoms with Gasteiger partial charge in [0, 0.05) is 13.7 Å². The van der Waals surface area contributed by atoms with Crippen molar-refractivity contribution in [1.29, 1.82) is 0 Å². The van der Waals surface area contributed by atoms with Gasteiger partial charge >= 0.3 is 7.18 Å². The van der Waals surface area contributed by atoms with Crippen molar-refractivity contribution in [2.24, 2.45) is 0 Å². The van der Waals surface area contributed by atoms with Crippen LogP contribution in [0.15, 0.2) is 0 Å². The van der Waals surface area contributed by atoms with Crippen LogP contribution in [0.3, 0.4) is 0 Å². The van der Waals surface area contributed by atoms with Crippen molar-refractivity contribution in [3.05, 3.63) is 0 Å². The summed E-state index contributed by atoms with van der Waals surface area (Å²) in [6, 6.07) is 0. The molecule has 0 aromatic carbocycles. The van der Waals surface area contributed by atoms with Gasteiger partial charge in [0.05, 0.1) is 0 Å². The topological polar surface area (TPSA) is 18.5 Å². The number of halogens is 2. The summed E-state index contributed by atoms with van der Waals surface area (Å²) in [7, 11) is -1.30. The Morgan fingerprint density at radius 3 is 2.12 bits per heavy atom. The summed E-state index contributed by atoms with van der Waals surface area (Å²) < 4.78 is 9.45. The highest BCUT2D eigenvalue weighted by atomic mass is 35.7. The van der Waals surface area contributed by atoms with Crippen molar-refractivity contribution in [1.82, 2.24) is 0 Å². The normalized spacial score (nSPS) is 12.0. The third kappa shape index (κ3) is 3.69. The van der Waals surface area contributed by atoms with E-state index in [-0.39, 0.29) is 0 Å². The van der Waals surface area contributed by atoms with E-state index in [1.807, 2.05) is 6.92 Å². The summed E-state index contributed by atoms with van der Waals surface area (Å²) in [4.78, 5) is 0. The quantitative estimate of drug-likeness (QED) is 0.479. The molecule has 0 bridgehead atoms. The van der Waals surface area contributed by atoms with Gasteiger partial charge < -0.3 is 8.85 Å². The monoisotopic (exact) mass is 174 g/mol. The lowest BCUT2D eigenvalue weighted by atomic mass is 10.9. The lowest BCUT2D eigenvalue weighted by molar-refractivity contribution is 0.250. The van der Waals surface area contributed by atoms with Crippen molar-refractivity contribution >= 4 is 29.3 Å². The molecule has 0 aromatic heterocycles. The molecule has 0 radical (unpaired) electrons. The molecule has 0 unspecified atom stereocenters. The maximum Gasteiger partial charge on any atom is 0.551 e. The maximum atomic E-state index is 5.48. The first-order chi connectivity index (χ1) is 3.62. The molecule has 0 fully saturated rings. The van der Waals surface area contributed by atoms with E-state index in [4.69, 9.17) is 26.6 Å². The minimum atomic E-state index is -2.73. The highest BCUT2D eigenvalue weighted by Gasteiger charge is 2.31. The molecule has 0 spiro atoms. The average Bonchev–Trinajstić information content (AvgIpc) is 1.67. The molecule has 50 valence electrons. The predicted molar refractivity (Wildman–Crippen MR) is 36.1 cm³/mol. The fraction of sp³-hybridized carbons (Fsp3) is 1.00. The Labute approximate surface area is 59.3 Å². The van der Waals surface area contributed by atoms with Crippen LogP contribution in [0.1, 0.15) is 6.92 Å². The Bertz CT molecular complexity index is 68.3. The molecule has 0 saturated carbocycles. The predicted octanol–water partition coefficient (Wildman–Crippen LogP) is 1.58. The third-order valence-corrected chi connectivity index (χ3v) is 3.23. The Morgan fingerprint density at radius 2 is 2.00 bits per heavy atom. The van der Waals surface area contributed by atoms with Crippen molar-refractivity contribution in [3.8, 4) is 0 Å². The van der Waals surface area contributed by atoms with E-state index in [1.165, 1.54) is 7.11 Å². The van der Waals surface area contributed by atoms with Gasteiger partial charge in [-0.1, -0.05) is 22.2 Å². The zero-order valence-corrected chi connectivity index (χ0v) is 7.29. The van der Waals surface area contributed by atoms with E-state index in [2.05, 4.69) is 4.43 Å².